The van der Waals surface area contributed by atoms with Crippen molar-refractivity contribution in [3.05, 3.63) is 15.8 Å². The zero-order valence-corrected chi connectivity index (χ0v) is 10.4. The monoisotopic (exact) mass is 248 g/mol. The summed E-state index contributed by atoms with van der Waals surface area (Å²) in [6, 6.07) is 1.92. The fraction of sp³-hybridized carbons (Fsp3) is 0.444. The molecule has 0 unspecified atom stereocenters. The van der Waals surface area contributed by atoms with E-state index in [0.717, 1.165) is 29.4 Å². The van der Waals surface area contributed by atoms with Gasteiger partial charge in [-0.1, -0.05) is 24.9 Å². The Hall–Kier alpha value is -0.320. The first-order chi connectivity index (χ1) is 6.74. The number of unbranched alkanes of at least 4 members (excludes halogenated alkanes) is 1. The molecule has 5 heteroatoms. The molecule has 1 aromatic heterocycles. The zero-order chi connectivity index (χ0) is 10.4. The normalized spacial score (nSPS) is 9.86. The summed E-state index contributed by atoms with van der Waals surface area (Å²) in [6.45, 7) is 3.05. The Bertz CT molecular complexity index is 299. The van der Waals surface area contributed by atoms with Gasteiger partial charge in [-0.05, 0) is 30.1 Å². The Morgan fingerprint density at radius 1 is 1.64 bits per heavy atom. The standard InChI is InChI=1S/C9H13ClN2S2/c1-2-3-5-11-9(13)12-7-4-6-14-8(7)10/h4,6H,2-3,5H2,1H3,(H2,11,12,13). The SMILES string of the molecule is CCCCNC(=S)Nc1ccsc1Cl. The van der Waals surface area contributed by atoms with E-state index in [-0.39, 0.29) is 0 Å². The van der Waals surface area contributed by atoms with E-state index >= 15 is 0 Å². The molecule has 1 heterocycles. The maximum Gasteiger partial charge on any atom is 0.170 e. The van der Waals surface area contributed by atoms with Crippen LogP contribution in [0.25, 0.3) is 0 Å². The minimum absolute atomic E-state index is 0.638. The predicted octanol–water partition coefficient (Wildman–Crippen LogP) is 3.49. The average molecular weight is 249 g/mol. The topological polar surface area (TPSA) is 24.1 Å². The van der Waals surface area contributed by atoms with Crippen LogP contribution in [0.5, 0.6) is 0 Å². The predicted molar refractivity (Wildman–Crippen MR) is 68.5 cm³/mol. The summed E-state index contributed by atoms with van der Waals surface area (Å²) in [6.07, 6.45) is 2.29. The Morgan fingerprint density at radius 2 is 2.43 bits per heavy atom. The lowest BCUT2D eigenvalue weighted by Gasteiger charge is -2.08. The van der Waals surface area contributed by atoms with Crippen LogP contribution in [0.3, 0.4) is 0 Å². The smallest absolute Gasteiger partial charge is 0.170 e. The molecule has 0 aliphatic heterocycles. The highest BCUT2D eigenvalue weighted by molar-refractivity contribution is 7.80. The largest absolute Gasteiger partial charge is 0.362 e. The number of nitrogens with one attached hydrogen (secondary N) is 2. The van der Waals surface area contributed by atoms with Crippen LogP contribution in [0.1, 0.15) is 19.8 Å². The molecule has 0 spiro atoms. The molecule has 0 aromatic carbocycles. The van der Waals surface area contributed by atoms with Gasteiger partial charge < -0.3 is 10.6 Å². The van der Waals surface area contributed by atoms with Gasteiger partial charge in [-0.3, -0.25) is 0 Å². The minimum atomic E-state index is 0.638. The summed E-state index contributed by atoms with van der Waals surface area (Å²) in [5, 5.41) is 8.73. The van der Waals surface area contributed by atoms with E-state index in [9.17, 15) is 0 Å². The summed E-state index contributed by atoms with van der Waals surface area (Å²) in [5.41, 5.74) is 0.880. The van der Waals surface area contributed by atoms with Gasteiger partial charge in [-0.15, -0.1) is 11.3 Å². The van der Waals surface area contributed by atoms with Gasteiger partial charge in [-0.2, -0.15) is 0 Å². The molecular weight excluding hydrogens is 236 g/mol. The number of halogens is 1. The van der Waals surface area contributed by atoms with Crippen LogP contribution in [0.2, 0.25) is 4.34 Å². The van der Waals surface area contributed by atoms with Crippen LogP contribution in [-0.4, -0.2) is 11.7 Å². The third kappa shape index (κ3) is 3.82. The van der Waals surface area contributed by atoms with Gasteiger partial charge in [0.2, 0.25) is 0 Å². The lowest BCUT2D eigenvalue weighted by atomic mass is 10.3. The molecule has 0 atom stereocenters. The van der Waals surface area contributed by atoms with E-state index in [1.165, 1.54) is 11.3 Å². The van der Waals surface area contributed by atoms with Crippen molar-refractivity contribution in [1.29, 1.82) is 0 Å². The van der Waals surface area contributed by atoms with E-state index in [2.05, 4.69) is 17.6 Å². The van der Waals surface area contributed by atoms with Gasteiger partial charge in [0, 0.05) is 6.54 Å². The number of thiophene rings is 1. The second-order valence-electron chi connectivity index (χ2n) is 2.84. The number of thiocarbonyl (C=S) groups is 1. The van der Waals surface area contributed by atoms with Crippen molar-refractivity contribution < 1.29 is 0 Å². The summed E-state index contributed by atoms with van der Waals surface area (Å²) in [7, 11) is 0. The Balaban J connectivity index is 2.31. The van der Waals surface area contributed by atoms with Crippen molar-refractivity contribution in [3.8, 4) is 0 Å². The molecule has 0 aliphatic carbocycles. The molecule has 0 saturated heterocycles. The molecule has 0 bridgehead atoms. The molecule has 78 valence electrons. The first-order valence-electron chi connectivity index (χ1n) is 4.52. The van der Waals surface area contributed by atoms with E-state index < -0.39 is 0 Å². The molecule has 2 nitrogen and oxygen atoms in total. The lowest BCUT2D eigenvalue weighted by molar-refractivity contribution is 0.758. The Kier molecular flexibility index (Phi) is 5.22. The van der Waals surface area contributed by atoms with Gasteiger partial charge in [0.25, 0.3) is 0 Å². The highest BCUT2D eigenvalue weighted by Crippen LogP contribution is 2.27. The van der Waals surface area contributed by atoms with Crippen LogP contribution in [0.15, 0.2) is 11.4 Å². The van der Waals surface area contributed by atoms with Gasteiger partial charge in [0.15, 0.2) is 5.11 Å². The van der Waals surface area contributed by atoms with E-state index in [1.54, 1.807) is 0 Å². The van der Waals surface area contributed by atoms with Gasteiger partial charge in [-0.25, -0.2) is 0 Å². The maximum absolute atomic E-state index is 5.91. The Morgan fingerprint density at radius 3 is 3.00 bits per heavy atom. The molecule has 1 rings (SSSR count). The maximum atomic E-state index is 5.91. The minimum Gasteiger partial charge on any atom is -0.362 e. The highest BCUT2D eigenvalue weighted by atomic mass is 35.5. The molecule has 0 saturated carbocycles. The fourth-order valence-corrected chi connectivity index (χ4v) is 1.97. The molecule has 1 aromatic rings. The molecule has 2 N–H and O–H groups in total. The molecule has 0 amide bonds. The van der Waals surface area contributed by atoms with Gasteiger partial charge in [0.05, 0.1) is 5.69 Å². The van der Waals surface area contributed by atoms with Crippen molar-refractivity contribution in [2.45, 2.75) is 19.8 Å². The molecule has 14 heavy (non-hydrogen) atoms. The van der Waals surface area contributed by atoms with Gasteiger partial charge in [0.1, 0.15) is 4.34 Å². The molecule has 0 fully saturated rings. The molecule has 0 aliphatic rings. The summed E-state index contributed by atoms with van der Waals surface area (Å²) < 4.78 is 0.740. The third-order valence-electron chi connectivity index (χ3n) is 1.68. The van der Waals surface area contributed by atoms with Gasteiger partial charge >= 0.3 is 0 Å². The third-order valence-corrected chi connectivity index (χ3v) is 3.10. The molecular formula is C9H13ClN2S2. The van der Waals surface area contributed by atoms with E-state index in [4.69, 9.17) is 23.8 Å². The van der Waals surface area contributed by atoms with Crippen molar-refractivity contribution in [2.75, 3.05) is 11.9 Å². The van der Waals surface area contributed by atoms with E-state index in [0.29, 0.717) is 5.11 Å². The first-order valence-corrected chi connectivity index (χ1v) is 6.18. The number of anilines is 1. The first kappa shape index (κ1) is 11.8. The van der Waals surface area contributed by atoms with Crippen molar-refractivity contribution >= 4 is 46.0 Å². The molecule has 0 radical (unpaired) electrons. The van der Waals surface area contributed by atoms with E-state index in [1.807, 2.05) is 11.4 Å². The Labute approximate surface area is 98.7 Å². The van der Waals surface area contributed by atoms with Crippen molar-refractivity contribution in [3.63, 3.8) is 0 Å². The summed E-state index contributed by atoms with van der Waals surface area (Å²) in [4.78, 5) is 0. The fourth-order valence-electron chi connectivity index (χ4n) is 0.927. The quantitative estimate of drug-likeness (QED) is 0.630. The van der Waals surface area contributed by atoms with Crippen LogP contribution in [0, 0.1) is 0 Å². The number of rotatable bonds is 4. The van der Waals surface area contributed by atoms with Crippen LogP contribution in [-0.2, 0) is 0 Å². The number of hydrogen-bond donors (Lipinski definition) is 2. The second-order valence-corrected chi connectivity index (χ2v) is 4.77. The van der Waals surface area contributed by atoms with Crippen molar-refractivity contribution in [1.82, 2.24) is 5.32 Å². The lowest BCUT2D eigenvalue weighted by Crippen LogP contribution is -2.29. The van der Waals surface area contributed by atoms with Crippen molar-refractivity contribution in [2.24, 2.45) is 0 Å². The highest BCUT2D eigenvalue weighted by Gasteiger charge is 2.02. The summed E-state index contributed by atoms with van der Waals surface area (Å²) >= 11 is 12.5. The van der Waals surface area contributed by atoms with Crippen LogP contribution in [0.4, 0.5) is 5.69 Å². The summed E-state index contributed by atoms with van der Waals surface area (Å²) in [5.74, 6) is 0. The van der Waals surface area contributed by atoms with Crippen LogP contribution >= 0.6 is 35.2 Å². The average Bonchev–Trinajstić information content (AvgIpc) is 2.52. The zero-order valence-electron chi connectivity index (χ0n) is 7.97. The second kappa shape index (κ2) is 6.22. The van der Waals surface area contributed by atoms with Crippen LogP contribution < -0.4 is 10.6 Å². The number of hydrogen-bond acceptors (Lipinski definition) is 2.